The fourth-order valence-electron chi connectivity index (χ4n) is 4.20. The van der Waals surface area contributed by atoms with E-state index in [2.05, 4.69) is 15.6 Å². The van der Waals surface area contributed by atoms with Crippen LogP contribution in [0, 0.1) is 5.92 Å². The fourth-order valence-corrected chi connectivity index (χ4v) is 4.40. The van der Waals surface area contributed by atoms with Crippen molar-refractivity contribution in [3.63, 3.8) is 0 Å². The van der Waals surface area contributed by atoms with E-state index in [1.807, 2.05) is 0 Å². The van der Waals surface area contributed by atoms with Gasteiger partial charge in [0.25, 0.3) is 5.91 Å². The quantitative estimate of drug-likeness (QED) is 0.432. The standard InChI is InChI=1S/C23H29BClN3O4/c25-19-10-4-8-17(13-19)20(27-23(30)18-9-5-11-26-15-18)14-22(29)28-21(24(31)32)12-16-6-2-1-3-7-16/h4-5,8-11,13,15-16,20-21,31-32H,1-3,6-7,12,14H2,(H,27,30)(H,28,29). The van der Waals surface area contributed by atoms with Gasteiger partial charge in [0.2, 0.25) is 5.91 Å². The Hall–Kier alpha value is -2.42. The Morgan fingerprint density at radius 1 is 1.12 bits per heavy atom. The highest BCUT2D eigenvalue weighted by molar-refractivity contribution is 6.43. The first-order chi connectivity index (χ1) is 15.4. The van der Waals surface area contributed by atoms with Crippen molar-refractivity contribution < 1.29 is 19.6 Å². The Labute approximate surface area is 193 Å². The summed E-state index contributed by atoms with van der Waals surface area (Å²) in [4.78, 5) is 29.5. The SMILES string of the molecule is O=C(CC(NC(=O)c1cccnc1)c1cccc(Cl)c1)NC(CC1CCCCC1)B(O)O. The molecule has 0 spiro atoms. The molecule has 0 radical (unpaired) electrons. The maximum Gasteiger partial charge on any atom is 0.475 e. The predicted octanol–water partition coefficient (Wildman–Crippen LogP) is 3.06. The minimum Gasteiger partial charge on any atom is -0.426 e. The molecule has 2 unspecified atom stereocenters. The number of hydrogen-bond donors (Lipinski definition) is 4. The van der Waals surface area contributed by atoms with Gasteiger partial charge in [-0.15, -0.1) is 0 Å². The first kappa shape index (κ1) is 24.2. The zero-order valence-corrected chi connectivity index (χ0v) is 18.7. The molecule has 0 bridgehead atoms. The molecular formula is C23H29BClN3O4. The molecule has 32 heavy (non-hydrogen) atoms. The second-order valence-electron chi connectivity index (χ2n) is 8.35. The van der Waals surface area contributed by atoms with Crippen LogP contribution in [0.5, 0.6) is 0 Å². The summed E-state index contributed by atoms with van der Waals surface area (Å²) in [7, 11) is -1.64. The molecule has 2 aromatic rings. The van der Waals surface area contributed by atoms with E-state index in [1.54, 1.807) is 42.6 Å². The molecule has 9 heteroatoms. The molecule has 1 saturated carbocycles. The molecule has 7 nitrogen and oxygen atoms in total. The normalized spacial score (nSPS) is 16.1. The van der Waals surface area contributed by atoms with Gasteiger partial charge in [-0.2, -0.15) is 0 Å². The van der Waals surface area contributed by atoms with Gasteiger partial charge in [-0.3, -0.25) is 14.6 Å². The van der Waals surface area contributed by atoms with Crippen LogP contribution in [-0.4, -0.2) is 39.9 Å². The molecule has 1 heterocycles. The number of hydrogen-bond acceptors (Lipinski definition) is 5. The summed E-state index contributed by atoms with van der Waals surface area (Å²) < 4.78 is 0. The van der Waals surface area contributed by atoms with Crippen LogP contribution in [0.25, 0.3) is 0 Å². The number of aromatic nitrogens is 1. The summed E-state index contributed by atoms with van der Waals surface area (Å²) in [5, 5.41) is 25.8. The number of nitrogens with zero attached hydrogens (tertiary/aromatic N) is 1. The smallest absolute Gasteiger partial charge is 0.426 e. The maximum absolute atomic E-state index is 12.9. The maximum atomic E-state index is 12.9. The number of halogens is 1. The van der Waals surface area contributed by atoms with Gasteiger partial charge in [0.1, 0.15) is 0 Å². The summed E-state index contributed by atoms with van der Waals surface area (Å²) in [6, 6.07) is 9.61. The second-order valence-corrected chi connectivity index (χ2v) is 8.79. The van der Waals surface area contributed by atoms with Crippen LogP contribution >= 0.6 is 11.6 Å². The third-order valence-corrected chi connectivity index (χ3v) is 6.12. The molecule has 1 fully saturated rings. The molecule has 1 aromatic heterocycles. The Balaban J connectivity index is 1.69. The lowest BCUT2D eigenvalue weighted by Crippen LogP contribution is -2.48. The lowest BCUT2D eigenvalue weighted by molar-refractivity contribution is -0.122. The van der Waals surface area contributed by atoms with Crippen molar-refractivity contribution in [1.29, 1.82) is 0 Å². The third-order valence-electron chi connectivity index (χ3n) is 5.89. The summed E-state index contributed by atoms with van der Waals surface area (Å²) in [5.74, 6) is -1.13. The first-order valence-corrected chi connectivity index (χ1v) is 11.4. The molecule has 170 valence electrons. The molecule has 1 aromatic carbocycles. The van der Waals surface area contributed by atoms with Gasteiger partial charge in [0.15, 0.2) is 0 Å². The van der Waals surface area contributed by atoms with Crippen molar-refractivity contribution in [3.8, 4) is 0 Å². The zero-order valence-electron chi connectivity index (χ0n) is 17.9. The van der Waals surface area contributed by atoms with E-state index in [9.17, 15) is 19.6 Å². The number of nitrogens with one attached hydrogen (secondary N) is 2. The first-order valence-electron chi connectivity index (χ1n) is 11.0. The number of carbonyl (C=O) groups is 2. The van der Waals surface area contributed by atoms with Crippen molar-refractivity contribution in [2.24, 2.45) is 5.92 Å². The van der Waals surface area contributed by atoms with Crippen molar-refractivity contribution in [1.82, 2.24) is 15.6 Å². The van der Waals surface area contributed by atoms with E-state index in [-0.39, 0.29) is 18.2 Å². The average Bonchev–Trinajstić information content (AvgIpc) is 2.79. The van der Waals surface area contributed by atoms with E-state index in [4.69, 9.17) is 11.6 Å². The molecular weight excluding hydrogens is 429 g/mol. The Kier molecular flexibility index (Phi) is 9.08. The fraction of sp³-hybridized carbons (Fsp3) is 0.435. The molecule has 0 aliphatic heterocycles. The molecule has 1 aliphatic rings. The topological polar surface area (TPSA) is 112 Å². The monoisotopic (exact) mass is 457 g/mol. The highest BCUT2D eigenvalue weighted by atomic mass is 35.5. The molecule has 2 amide bonds. The van der Waals surface area contributed by atoms with E-state index in [1.165, 1.54) is 12.6 Å². The number of amides is 2. The Morgan fingerprint density at radius 2 is 1.91 bits per heavy atom. The van der Waals surface area contributed by atoms with Crippen LogP contribution in [-0.2, 0) is 4.79 Å². The highest BCUT2D eigenvalue weighted by Gasteiger charge is 2.30. The summed E-state index contributed by atoms with van der Waals surface area (Å²) >= 11 is 6.12. The van der Waals surface area contributed by atoms with Crippen LogP contribution in [0.2, 0.25) is 5.02 Å². The van der Waals surface area contributed by atoms with Crippen LogP contribution in [0.1, 0.15) is 66.9 Å². The van der Waals surface area contributed by atoms with Gasteiger partial charge < -0.3 is 20.7 Å². The third kappa shape index (κ3) is 7.33. The van der Waals surface area contributed by atoms with Crippen LogP contribution < -0.4 is 10.6 Å². The number of carbonyl (C=O) groups excluding carboxylic acids is 2. The highest BCUT2D eigenvalue weighted by Crippen LogP contribution is 2.28. The van der Waals surface area contributed by atoms with Gasteiger partial charge in [0, 0.05) is 17.4 Å². The van der Waals surface area contributed by atoms with Crippen molar-refractivity contribution in [3.05, 3.63) is 64.9 Å². The zero-order chi connectivity index (χ0) is 22.9. The minimum absolute atomic E-state index is 0.0692. The van der Waals surface area contributed by atoms with Crippen molar-refractivity contribution in [2.45, 2.75) is 56.9 Å². The lowest BCUT2D eigenvalue weighted by Gasteiger charge is -2.27. The van der Waals surface area contributed by atoms with Gasteiger partial charge in [-0.1, -0.05) is 55.8 Å². The Morgan fingerprint density at radius 3 is 2.56 bits per heavy atom. The molecule has 3 rings (SSSR count). The van der Waals surface area contributed by atoms with Crippen LogP contribution in [0.4, 0.5) is 0 Å². The van der Waals surface area contributed by atoms with E-state index in [0.29, 0.717) is 28.5 Å². The van der Waals surface area contributed by atoms with E-state index >= 15 is 0 Å². The van der Waals surface area contributed by atoms with Gasteiger partial charge in [0.05, 0.1) is 24.0 Å². The van der Waals surface area contributed by atoms with Gasteiger partial charge >= 0.3 is 7.12 Å². The predicted molar refractivity (Wildman–Crippen MR) is 124 cm³/mol. The van der Waals surface area contributed by atoms with Crippen molar-refractivity contribution >= 4 is 30.5 Å². The molecule has 1 aliphatic carbocycles. The molecule has 2 atom stereocenters. The average molecular weight is 458 g/mol. The summed E-state index contributed by atoms with van der Waals surface area (Å²) in [6.45, 7) is 0. The summed E-state index contributed by atoms with van der Waals surface area (Å²) in [5.41, 5.74) is 1.05. The van der Waals surface area contributed by atoms with Crippen molar-refractivity contribution in [2.75, 3.05) is 0 Å². The van der Waals surface area contributed by atoms with Crippen LogP contribution in [0.15, 0.2) is 48.8 Å². The molecule has 4 N–H and O–H groups in total. The Bertz CT molecular complexity index is 894. The van der Waals surface area contributed by atoms with E-state index in [0.717, 1.165) is 25.7 Å². The largest absolute Gasteiger partial charge is 0.475 e. The number of rotatable bonds is 9. The van der Waals surface area contributed by atoms with Crippen LogP contribution in [0.3, 0.4) is 0 Å². The lowest BCUT2D eigenvalue weighted by atomic mass is 9.71. The van der Waals surface area contributed by atoms with Gasteiger partial charge in [-0.05, 0) is 42.2 Å². The number of benzene rings is 1. The summed E-state index contributed by atoms with van der Waals surface area (Å²) in [6.07, 6.45) is 9.00. The second kappa shape index (κ2) is 12.0. The van der Waals surface area contributed by atoms with Gasteiger partial charge in [-0.25, -0.2) is 0 Å². The minimum atomic E-state index is -1.64. The van der Waals surface area contributed by atoms with E-state index < -0.39 is 19.1 Å². The number of pyridine rings is 1. The molecule has 0 saturated heterocycles.